The number of rotatable bonds is 5. The Morgan fingerprint density at radius 3 is 2.65 bits per heavy atom. The van der Waals surface area contributed by atoms with Crippen LogP contribution in [0.2, 0.25) is 0 Å². The van der Waals surface area contributed by atoms with Crippen molar-refractivity contribution in [2.45, 2.75) is 32.2 Å². The van der Waals surface area contributed by atoms with Gasteiger partial charge in [-0.15, -0.1) is 0 Å². The number of hydrogen-bond acceptors (Lipinski definition) is 2. The van der Waals surface area contributed by atoms with E-state index in [4.69, 9.17) is 5.11 Å². The Morgan fingerprint density at radius 2 is 2.00 bits per heavy atom. The fourth-order valence-electron chi connectivity index (χ4n) is 2.67. The Balaban J connectivity index is 1.82. The molecule has 2 rings (SSSR count). The van der Waals surface area contributed by atoms with E-state index in [0.717, 1.165) is 38.1 Å². The SMILES string of the molecule is O=C(O)CCC1CCN(Cc2cc(F)ccc2F)CC1. The van der Waals surface area contributed by atoms with Gasteiger partial charge in [0.2, 0.25) is 0 Å². The molecule has 1 aliphatic rings. The molecule has 1 fully saturated rings. The summed E-state index contributed by atoms with van der Waals surface area (Å²) >= 11 is 0. The minimum atomic E-state index is -0.755. The predicted octanol–water partition coefficient (Wildman–Crippen LogP) is 3.04. The van der Waals surface area contributed by atoms with E-state index < -0.39 is 11.8 Å². The summed E-state index contributed by atoms with van der Waals surface area (Å²) in [7, 11) is 0. The molecule has 0 unspecified atom stereocenters. The van der Waals surface area contributed by atoms with Gasteiger partial charge < -0.3 is 5.11 Å². The molecule has 0 atom stereocenters. The topological polar surface area (TPSA) is 40.5 Å². The second-order valence-corrected chi connectivity index (χ2v) is 5.39. The van der Waals surface area contributed by atoms with E-state index in [2.05, 4.69) is 4.90 Å². The van der Waals surface area contributed by atoms with Crippen LogP contribution in [0.15, 0.2) is 18.2 Å². The van der Waals surface area contributed by atoms with Gasteiger partial charge in [-0.25, -0.2) is 8.78 Å². The summed E-state index contributed by atoms with van der Waals surface area (Å²) in [4.78, 5) is 12.6. The van der Waals surface area contributed by atoms with Crippen molar-refractivity contribution in [3.63, 3.8) is 0 Å². The van der Waals surface area contributed by atoms with Crippen LogP contribution in [0.4, 0.5) is 8.78 Å². The average Bonchev–Trinajstić information content (AvgIpc) is 2.42. The van der Waals surface area contributed by atoms with Gasteiger partial charge in [0.1, 0.15) is 11.6 Å². The Kier molecular flexibility index (Phi) is 5.06. The normalized spacial score (nSPS) is 17.3. The fraction of sp³-hybridized carbons (Fsp3) is 0.533. The lowest BCUT2D eigenvalue weighted by Crippen LogP contribution is -2.33. The van der Waals surface area contributed by atoms with Crippen molar-refractivity contribution >= 4 is 5.97 Å². The Morgan fingerprint density at radius 1 is 1.30 bits per heavy atom. The summed E-state index contributed by atoms with van der Waals surface area (Å²) in [6.07, 6.45) is 2.76. The van der Waals surface area contributed by atoms with Crippen LogP contribution >= 0.6 is 0 Å². The first-order chi connectivity index (χ1) is 9.54. The first-order valence-electron chi connectivity index (χ1n) is 6.92. The lowest BCUT2D eigenvalue weighted by molar-refractivity contribution is -0.137. The number of halogens is 2. The molecule has 0 aromatic heterocycles. The van der Waals surface area contributed by atoms with Crippen LogP contribution in [0.3, 0.4) is 0 Å². The molecule has 0 saturated carbocycles. The highest BCUT2D eigenvalue weighted by molar-refractivity contribution is 5.66. The van der Waals surface area contributed by atoms with Gasteiger partial charge in [0.15, 0.2) is 0 Å². The van der Waals surface area contributed by atoms with Crippen LogP contribution < -0.4 is 0 Å². The van der Waals surface area contributed by atoms with Crippen molar-refractivity contribution in [3.8, 4) is 0 Å². The molecule has 1 saturated heterocycles. The molecule has 110 valence electrons. The molecule has 1 aromatic rings. The van der Waals surface area contributed by atoms with Gasteiger partial charge in [-0.05, 0) is 56.5 Å². The Hall–Kier alpha value is -1.49. The second-order valence-electron chi connectivity index (χ2n) is 5.39. The number of likely N-dealkylation sites (tertiary alicyclic amines) is 1. The number of carboxylic acids is 1. The lowest BCUT2D eigenvalue weighted by Gasteiger charge is -2.31. The third kappa shape index (κ3) is 4.27. The van der Waals surface area contributed by atoms with E-state index in [1.165, 1.54) is 6.07 Å². The summed E-state index contributed by atoms with van der Waals surface area (Å²) in [6.45, 7) is 2.02. The summed E-state index contributed by atoms with van der Waals surface area (Å²) < 4.78 is 26.7. The predicted molar refractivity (Wildman–Crippen MR) is 71.2 cm³/mol. The van der Waals surface area contributed by atoms with E-state index >= 15 is 0 Å². The average molecular weight is 283 g/mol. The number of benzene rings is 1. The third-order valence-electron chi connectivity index (χ3n) is 3.88. The van der Waals surface area contributed by atoms with Crippen LogP contribution in [0.1, 0.15) is 31.2 Å². The molecule has 1 aliphatic heterocycles. The minimum Gasteiger partial charge on any atom is -0.481 e. The van der Waals surface area contributed by atoms with Crippen LogP contribution in [0.5, 0.6) is 0 Å². The highest BCUT2D eigenvalue weighted by Gasteiger charge is 2.20. The third-order valence-corrected chi connectivity index (χ3v) is 3.88. The van der Waals surface area contributed by atoms with Crippen molar-refractivity contribution in [1.29, 1.82) is 0 Å². The van der Waals surface area contributed by atoms with Gasteiger partial charge in [0.25, 0.3) is 0 Å². The zero-order chi connectivity index (χ0) is 14.5. The first-order valence-corrected chi connectivity index (χ1v) is 6.92. The zero-order valence-corrected chi connectivity index (χ0v) is 11.3. The largest absolute Gasteiger partial charge is 0.481 e. The highest BCUT2D eigenvalue weighted by Crippen LogP contribution is 2.23. The van der Waals surface area contributed by atoms with Gasteiger partial charge in [0, 0.05) is 18.5 Å². The molecule has 1 aromatic carbocycles. The number of nitrogens with zero attached hydrogens (tertiary/aromatic N) is 1. The van der Waals surface area contributed by atoms with Gasteiger partial charge in [-0.1, -0.05) is 0 Å². The Labute approximate surface area is 117 Å². The fourth-order valence-corrected chi connectivity index (χ4v) is 2.67. The van der Waals surface area contributed by atoms with E-state index in [1.807, 2.05) is 0 Å². The van der Waals surface area contributed by atoms with E-state index in [0.29, 0.717) is 24.4 Å². The summed E-state index contributed by atoms with van der Waals surface area (Å²) in [5.74, 6) is -1.12. The van der Waals surface area contributed by atoms with Crippen molar-refractivity contribution < 1.29 is 18.7 Å². The number of hydrogen-bond donors (Lipinski definition) is 1. The van der Waals surface area contributed by atoms with Crippen molar-refractivity contribution in [2.24, 2.45) is 5.92 Å². The maximum Gasteiger partial charge on any atom is 0.303 e. The maximum atomic E-state index is 13.6. The molecular weight excluding hydrogens is 264 g/mol. The molecule has 0 radical (unpaired) electrons. The van der Waals surface area contributed by atoms with E-state index in [9.17, 15) is 13.6 Å². The van der Waals surface area contributed by atoms with Crippen LogP contribution in [-0.4, -0.2) is 29.1 Å². The molecule has 0 aliphatic carbocycles. The van der Waals surface area contributed by atoms with E-state index in [-0.39, 0.29) is 12.2 Å². The highest BCUT2D eigenvalue weighted by atomic mass is 19.1. The van der Waals surface area contributed by atoms with Crippen molar-refractivity contribution in [2.75, 3.05) is 13.1 Å². The van der Waals surface area contributed by atoms with Gasteiger partial charge >= 0.3 is 5.97 Å². The number of aliphatic carboxylic acids is 1. The number of carboxylic acid groups (broad SMARTS) is 1. The zero-order valence-electron chi connectivity index (χ0n) is 11.3. The van der Waals surface area contributed by atoms with Gasteiger partial charge in [-0.3, -0.25) is 9.69 Å². The molecule has 0 amide bonds. The van der Waals surface area contributed by atoms with Gasteiger partial charge in [-0.2, -0.15) is 0 Å². The molecule has 0 bridgehead atoms. The summed E-state index contributed by atoms with van der Waals surface area (Å²) in [5.41, 5.74) is 0.383. The summed E-state index contributed by atoms with van der Waals surface area (Å²) in [6, 6.07) is 3.52. The summed E-state index contributed by atoms with van der Waals surface area (Å²) in [5, 5.41) is 8.66. The molecule has 20 heavy (non-hydrogen) atoms. The second kappa shape index (κ2) is 6.79. The molecule has 0 spiro atoms. The molecule has 1 N–H and O–H groups in total. The van der Waals surface area contributed by atoms with Crippen LogP contribution in [0, 0.1) is 17.6 Å². The first kappa shape index (κ1) is 14.9. The quantitative estimate of drug-likeness (QED) is 0.903. The molecule has 5 heteroatoms. The van der Waals surface area contributed by atoms with Crippen LogP contribution in [-0.2, 0) is 11.3 Å². The van der Waals surface area contributed by atoms with Crippen LogP contribution in [0.25, 0.3) is 0 Å². The van der Waals surface area contributed by atoms with Gasteiger partial charge in [0.05, 0.1) is 0 Å². The standard InChI is InChI=1S/C15H19F2NO2/c16-13-2-3-14(17)12(9-13)10-18-7-5-11(6-8-18)1-4-15(19)20/h2-3,9,11H,1,4-8,10H2,(H,19,20). The Bertz CT molecular complexity index is 471. The molecule has 3 nitrogen and oxygen atoms in total. The monoisotopic (exact) mass is 283 g/mol. The minimum absolute atomic E-state index is 0.211. The smallest absolute Gasteiger partial charge is 0.303 e. The van der Waals surface area contributed by atoms with Crippen molar-refractivity contribution in [1.82, 2.24) is 4.90 Å². The van der Waals surface area contributed by atoms with E-state index in [1.54, 1.807) is 0 Å². The maximum absolute atomic E-state index is 13.6. The van der Waals surface area contributed by atoms with Crippen molar-refractivity contribution in [3.05, 3.63) is 35.4 Å². The lowest BCUT2D eigenvalue weighted by atomic mass is 9.92. The number of carbonyl (C=O) groups is 1. The molecular formula is C15H19F2NO2. The molecule has 1 heterocycles. The number of piperidine rings is 1.